The van der Waals surface area contributed by atoms with Gasteiger partial charge in [-0.3, -0.25) is 0 Å². The smallest absolute Gasteiger partial charge is 0.180 e. The molecule has 1 N–H and O–H groups in total. The van der Waals surface area contributed by atoms with E-state index in [0.717, 1.165) is 17.7 Å². The number of nitrogens with one attached hydrogen (secondary N) is 1. The van der Waals surface area contributed by atoms with Gasteiger partial charge in [0.05, 0.1) is 11.6 Å². The number of ether oxygens (including phenoxy) is 2. The molecule has 0 aliphatic heterocycles. The van der Waals surface area contributed by atoms with Crippen molar-refractivity contribution in [2.45, 2.75) is 33.5 Å². The zero-order valence-corrected chi connectivity index (χ0v) is 18.7. The molecule has 0 saturated carbocycles. The van der Waals surface area contributed by atoms with Crippen molar-refractivity contribution in [2.24, 2.45) is 0 Å². The minimum Gasteiger partial charge on any atom is -0.490 e. The van der Waals surface area contributed by atoms with E-state index in [1.165, 1.54) is 23.3 Å². The van der Waals surface area contributed by atoms with E-state index in [4.69, 9.17) is 21.1 Å². The highest BCUT2D eigenvalue weighted by molar-refractivity contribution is 6.32. The maximum absolute atomic E-state index is 13.1. The van der Waals surface area contributed by atoms with Crippen molar-refractivity contribution < 1.29 is 13.9 Å². The number of benzene rings is 3. The molecule has 3 aromatic carbocycles. The van der Waals surface area contributed by atoms with Gasteiger partial charge in [0, 0.05) is 13.1 Å². The fourth-order valence-corrected chi connectivity index (χ4v) is 3.21. The molecule has 0 unspecified atom stereocenters. The zero-order valence-electron chi connectivity index (χ0n) is 17.1. The topological polar surface area (TPSA) is 30.5 Å². The molecule has 0 aliphatic carbocycles. The molecule has 3 rings (SSSR count). The summed E-state index contributed by atoms with van der Waals surface area (Å²) in [5.41, 5.74) is 4.34. The Morgan fingerprint density at radius 2 is 1.50 bits per heavy atom. The summed E-state index contributed by atoms with van der Waals surface area (Å²) in [6.07, 6.45) is 0. The highest BCUT2D eigenvalue weighted by Gasteiger charge is 2.13. The van der Waals surface area contributed by atoms with E-state index in [1.54, 1.807) is 12.1 Å². The van der Waals surface area contributed by atoms with Crippen LogP contribution >= 0.6 is 24.0 Å². The number of aryl methyl sites for hydroxylation is 1. The van der Waals surface area contributed by atoms with E-state index in [-0.39, 0.29) is 24.8 Å². The van der Waals surface area contributed by atoms with Crippen LogP contribution in [0, 0.1) is 12.7 Å². The second kappa shape index (κ2) is 11.8. The Kier molecular flexibility index (Phi) is 9.44. The summed E-state index contributed by atoms with van der Waals surface area (Å²) in [6.45, 7) is 6.21. The second-order valence-corrected chi connectivity index (χ2v) is 7.25. The van der Waals surface area contributed by atoms with Crippen LogP contribution in [-0.4, -0.2) is 6.61 Å². The lowest BCUT2D eigenvalue weighted by atomic mass is 10.1. The largest absolute Gasteiger partial charge is 0.490 e. The van der Waals surface area contributed by atoms with Crippen molar-refractivity contribution in [1.29, 1.82) is 0 Å². The van der Waals surface area contributed by atoms with Gasteiger partial charge in [-0.15, -0.1) is 12.4 Å². The summed E-state index contributed by atoms with van der Waals surface area (Å²) < 4.78 is 24.7. The van der Waals surface area contributed by atoms with Crippen LogP contribution in [0.25, 0.3) is 0 Å². The third-order valence-corrected chi connectivity index (χ3v) is 4.73. The molecule has 0 spiro atoms. The number of hydrogen-bond acceptors (Lipinski definition) is 3. The molecule has 0 amide bonds. The lowest BCUT2D eigenvalue weighted by Crippen LogP contribution is -2.13. The summed E-state index contributed by atoms with van der Waals surface area (Å²) in [6, 6.07) is 18.5. The average Bonchev–Trinajstić information content (AvgIpc) is 2.70. The molecular formula is C24H26Cl2FNO2. The Hall–Kier alpha value is -2.27. The fraction of sp³-hybridized carbons (Fsp3) is 0.250. The van der Waals surface area contributed by atoms with Gasteiger partial charge < -0.3 is 14.8 Å². The predicted octanol–water partition coefficient (Wildman–Crippen LogP) is 6.48. The van der Waals surface area contributed by atoms with Crippen molar-refractivity contribution in [2.75, 3.05) is 6.61 Å². The van der Waals surface area contributed by atoms with Crippen LogP contribution in [0.1, 0.15) is 29.2 Å². The van der Waals surface area contributed by atoms with Crippen LogP contribution in [0.5, 0.6) is 11.5 Å². The van der Waals surface area contributed by atoms with Gasteiger partial charge in [0.2, 0.25) is 0 Å². The molecule has 3 aromatic rings. The molecule has 0 atom stereocenters. The van der Waals surface area contributed by atoms with E-state index < -0.39 is 0 Å². The predicted molar refractivity (Wildman–Crippen MR) is 122 cm³/mol. The summed E-state index contributed by atoms with van der Waals surface area (Å²) in [5.74, 6) is 0.832. The van der Waals surface area contributed by atoms with Gasteiger partial charge >= 0.3 is 0 Å². The Bertz CT molecular complexity index is 931. The van der Waals surface area contributed by atoms with Crippen molar-refractivity contribution in [3.63, 3.8) is 0 Å². The number of rotatable bonds is 9. The number of halogens is 3. The molecule has 0 bridgehead atoms. The first-order chi connectivity index (χ1) is 14.0. The van der Waals surface area contributed by atoms with Crippen molar-refractivity contribution >= 4 is 24.0 Å². The van der Waals surface area contributed by atoms with Gasteiger partial charge in [0.15, 0.2) is 11.5 Å². The monoisotopic (exact) mass is 449 g/mol. The van der Waals surface area contributed by atoms with Crippen LogP contribution < -0.4 is 14.8 Å². The van der Waals surface area contributed by atoms with Crippen LogP contribution in [0.3, 0.4) is 0 Å². The Morgan fingerprint density at radius 1 is 0.867 bits per heavy atom. The van der Waals surface area contributed by atoms with Gasteiger partial charge in [-0.2, -0.15) is 0 Å². The summed E-state index contributed by atoms with van der Waals surface area (Å²) in [7, 11) is 0. The maximum Gasteiger partial charge on any atom is 0.180 e. The molecule has 160 valence electrons. The second-order valence-electron chi connectivity index (χ2n) is 6.84. The molecule has 0 aromatic heterocycles. The lowest BCUT2D eigenvalue weighted by molar-refractivity contribution is 0.269. The molecule has 0 aliphatic rings. The first-order valence-electron chi connectivity index (χ1n) is 9.64. The molecule has 30 heavy (non-hydrogen) atoms. The first-order valence-corrected chi connectivity index (χ1v) is 10.0. The molecule has 0 fully saturated rings. The minimum atomic E-state index is -0.274. The van der Waals surface area contributed by atoms with Crippen LogP contribution in [-0.2, 0) is 19.7 Å². The molecular weight excluding hydrogens is 424 g/mol. The van der Waals surface area contributed by atoms with Gasteiger partial charge in [-0.05, 0) is 54.8 Å². The van der Waals surface area contributed by atoms with Gasteiger partial charge in [0.1, 0.15) is 12.4 Å². The SMILES string of the molecule is CCOc1cc(CNCc2ccc(C)cc2)cc(Cl)c1OCc1ccc(F)cc1.Cl. The molecule has 6 heteroatoms. The summed E-state index contributed by atoms with van der Waals surface area (Å²) >= 11 is 6.48. The van der Waals surface area contributed by atoms with Crippen LogP contribution in [0.4, 0.5) is 4.39 Å². The Labute approximate surface area is 188 Å². The van der Waals surface area contributed by atoms with Crippen molar-refractivity contribution in [3.05, 3.63) is 93.8 Å². The summed E-state index contributed by atoms with van der Waals surface area (Å²) in [4.78, 5) is 0. The van der Waals surface area contributed by atoms with Crippen LogP contribution in [0.2, 0.25) is 5.02 Å². The zero-order chi connectivity index (χ0) is 20.6. The van der Waals surface area contributed by atoms with Crippen molar-refractivity contribution in [1.82, 2.24) is 5.32 Å². The highest BCUT2D eigenvalue weighted by Crippen LogP contribution is 2.37. The molecule has 0 saturated heterocycles. The first kappa shape index (κ1) is 24.0. The molecule has 0 heterocycles. The van der Waals surface area contributed by atoms with Crippen LogP contribution in [0.15, 0.2) is 60.7 Å². The van der Waals surface area contributed by atoms with E-state index >= 15 is 0 Å². The summed E-state index contributed by atoms with van der Waals surface area (Å²) in [5, 5.41) is 3.92. The Balaban J connectivity index is 0.00000320. The van der Waals surface area contributed by atoms with E-state index in [0.29, 0.717) is 29.7 Å². The standard InChI is InChI=1S/C24H25ClFNO2.ClH/c1-3-28-23-13-20(15-27-14-18-6-4-17(2)5-7-18)12-22(25)24(23)29-16-19-8-10-21(26)11-9-19;/h4-13,27H,3,14-16H2,1-2H3;1H. The number of hydrogen-bond donors (Lipinski definition) is 1. The van der Waals surface area contributed by atoms with Crippen molar-refractivity contribution in [3.8, 4) is 11.5 Å². The molecule has 0 radical (unpaired) electrons. The average molecular weight is 450 g/mol. The van der Waals surface area contributed by atoms with E-state index in [2.05, 4.69) is 36.5 Å². The third kappa shape index (κ3) is 6.91. The van der Waals surface area contributed by atoms with Gasteiger partial charge in [-0.25, -0.2) is 4.39 Å². The maximum atomic E-state index is 13.1. The van der Waals surface area contributed by atoms with E-state index in [9.17, 15) is 4.39 Å². The fourth-order valence-electron chi connectivity index (χ4n) is 2.92. The third-order valence-electron chi connectivity index (χ3n) is 4.44. The lowest BCUT2D eigenvalue weighted by Gasteiger charge is -2.16. The minimum absolute atomic E-state index is 0. The highest BCUT2D eigenvalue weighted by atomic mass is 35.5. The normalized spacial score (nSPS) is 10.4. The molecule has 3 nitrogen and oxygen atoms in total. The van der Waals surface area contributed by atoms with E-state index in [1.807, 2.05) is 19.1 Å². The van der Waals surface area contributed by atoms with Gasteiger partial charge in [-0.1, -0.05) is 53.6 Å². The quantitative estimate of drug-likeness (QED) is 0.405. The Morgan fingerprint density at radius 3 is 2.17 bits per heavy atom. The van der Waals surface area contributed by atoms with Gasteiger partial charge in [0.25, 0.3) is 0 Å².